The van der Waals surface area contributed by atoms with Gasteiger partial charge in [-0.25, -0.2) is 0 Å². The van der Waals surface area contributed by atoms with Crippen LogP contribution >= 0.6 is 0 Å². The lowest BCUT2D eigenvalue weighted by Crippen LogP contribution is -2.02. The fourth-order valence-corrected chi connectivity index (χ4v) is 1.61. The Kier molecular flexibility index (Phi) is 2.92. The van der Waals surface area contributed by atoms with Gasteiger partial charge in [0, 0.05) is 11.6 Å². The fourth-order valence-electron chi connectivity index (χ4n) is 1.61. The Balaban J connectivity index is 2.59. The molecule has 0 saturated carbocycles. The van der Waals surface area contributed by atoms with Gasteiger partial charge in [-0.05, 0) is 24.3 Å². The van der Waals surface area contributed by atoms with Gasteiger partial charge in [0.25, 0.3) is 0 Å². The topological polar surface area (TPSA) is 118 Å². The van der Waals surface area contributed by atoms with Crippen LogP contribution in [-0.4, -0.2) is 31.3 Å². The molecule has 5 N–H and O–H groups in total. The van der Waals surface area contributed by atoms with Crippen LogP contribution in [0.4, 0.5) is 0 Å². The Hall–Kier alpha value is -2.89. The van der Waals surface area contributed by atoms with Gasteiger partial charge in [-0.1, -0.05) is 0 Å². The zero-order chi connectivity index (χ0) is 14.2. The highest BCUT2D eigenvalue weighted by Crippen LogP contribution is 2.42. The van der Waals surface area contributed by atoms with Crippen LogP contribution in [-0.2, 0) is 0 Å². The van der Waals surface area contributed by atoms with Gasteiger partial charge in [0.2, 0.25) is 5.78 Å². The number of phenols is 5. The third kappa shape index (κ3) is 2.11. The first-order valence-electron chi connectivity index (χ1n) is 5.22. The van der Waals surface area contributed by atoms with Gasteiger partial charge in [0.15, 0.2) is 23.0 Å². The van der Waals surface area contributed by atoms with Crippen LogP contribution in [0.5, 0.6) is 28.7 Å². The number of carbonyl (C=O) groups is 1. The third-order valence-corrected chi connectivity index (χ3v) is 2.59. The van der Waals surface area contributed by atoms with Gasteiger partial charge in [-0.3, -0.25) is 4.79 Å². The highest BCUT2D eigenvalue weighted by molar-refractivity contribution is 6.13. The molecule has 0 atom stereocenters. The van der Waals surface area contributed by atoms with Gasteiger partial charge < -0.3 is 25.5 Å². The minimum absolute atomic E-state index is 0.0521. The minimum Gasteiger partial charge on any atom is -0.508 e. The second-order valence-electron chi connectivity index (χ2n) is 3.86. The van der Waals surface area contributed by atoms with Crippen molar-refractivity contribution < 1.29 is 30.3 Å². The Morgan fingerprint density at radius 2 is 1.26 bits per heavy atom. The van der Waals surface area contributed by atoms with Crippen molar-refractivity contribution in [2.75, 3.05) is 0 Å². The molecular formula is C13H10O6. The molecule has 6 nitrogen and oxygen atoms in total. The monoisotopic (exact) mass is 262 g/mol. The number of carbonyl (C=O) groups excluding carboxylic acids is 1. The molecule has 0 bridgehead atoms. The molecule has 98 valence electrons. The maximum atomic E-state index is 12.1. The van der Waals surface area contributed by atoms with E-state index in [0.717, 1.165) is 6.07 Å². The van der Waals surface area contributed by atoms with E-state index in [0.29, 0.717) is 0 Å². The predicted molar refractivity (Wildman–Crippen MR) is 64.6 cm³/mol. The molecule has 2 aromatic rings. The maximum Gasteiger partial charge on any atom is 0.200 e. The average molecular weight is 262 g/mol. The van der Waals surface area contributed by atoms with Crippen molar-refractivity contribution in [3.8, 4) is 28.7 Å². The quantitative estimate of drug-likeness (QED) is 0.317. The Morgan fingerprint density at radius 1 is 0.789 bits per heavy atom. The number of rotatable bonds is 2. The van der Waals surface area contributed by atoms with Crippen molar-refractivity contribution in [1.82, 2.24) is 0 Å². The van der Waals surface area contributed by atoms with Crippen molar-refractivity contribution in [2.24, 2.45) is 0 Å². The molecular weight excluding hydrogens is 252 g/mol. The van der Waals surface area contributed by atoms with E-state index in [1.165, 1.54) is 24.3 Å². The normalized spacial score (nSPS) is 10.3. The van der Waals surface area contributed by atoms with Crippen molar-refractivity contribution in [1.29, 1.82) is 0 Å². The molecule has 2 rings (SSSR count). The van der Waals surface area contributed by atoms with Crippen LogP contribution in [0.3, 0.4) is 0 Å². The lowest BCUT2D eigenvalue weighted by Gasteiger charge is -2.09. The van der Waals surface area contributed by atoms with Crippen molar-refractivity contribution in [3.05, 3.63) is 41.5 Å². The first-order valence-corrected chi connectivity index (χ1v) is 5.22. The summed E-state index contributed by atoms with van der Waals surface area (Å²) in [5.74, 6) is -3.96. The van der Waals surface area contributed by atoms with Crippen LogP contribution in [0.15, 0.2) is 30.3 Å². The molecule has 0 radical (unpaired) electrons. The first kappa shape index (κ1) is 12.6. The van der Waals surface area contributed by atoms with E-state index < -0.39 is 34.3 Å². The molecule has 19 heavy (non-hydrogen) atoms. The van der Waals surface area contributed by atoms with Crippen LogP contribution in [0, 0.1) is 0 Å². The summed E-state index contributed by atoms with van der Waals surface area (Å²) in [5, 5.41) is 47.0. The molecule has 0 spiro atoms. The standard InChI is InChI=1S/C13H10O6/c14-7-3-1-6(2-4-7)11(17)10-12(18)8(15)5-9(16)13(10)19/h1-5,14-16,18-19H. The molecule has 0 unspecified atom stereocenters. The number of phenolic OH excluding ortho intramolecular Hbond substituents is 5. The second kappa shape index (κ2) is 4.41. The molecule has 2 aromatic carbocycles. The summed E-state index contributed by atoms with van der Waals surface area (Å²) in [5.41, 5.74) is -0.545. The average Bonchev–Trinajstić information content (AvgIpc) is 2.37. The van der Waals surface area contributed by atoms with Crippen LogP contribution in [0.2, 0.25) is 0 Å². The van der Waals surface area contributed by atoms with E-state index in [-0.39, 0.29) is 11.3 Å². The van der Waals surface area contributed by atoms with E-state index in [1.54, 1.807) is 0 Å². The highest BCUT2D eigenvalue weighted by Gasteiger charge is 2.24. The fraction of sp³-hybridized carbons (Fsp3) is 0. The molecule has 0 aliphatic rings. The SMILES string of the molecule is O=C(c1ccc(O)cc1)c1c(O)c(O)cc(O)c1O. The zero-order valence-corrected chi connectivity index (χ0v) is 9.53. The van der Waals surface area contributed by atoms with Crippen LogP contribution < -0.4 is 0 Å². The van der Waals surface area contributed by atoms with E-state index >= 15 is 0 Å². The summed E-state index contributed by atoms with van der Waals surface area (Å²) in [4.78, 5) is 12.1. The maximum absolute atomic E-state index is 12.1. The number of aromatic hydroxyl groups is 5. The van der Waals surface area contributed by atoms with Crippen LogP contribution in [0.25, 0.3) is 0 Å². The largest absolute Gasteiger partial charge is 0.508 e. The molecule has 0 heterocycles. The highest BCUT2D eigenvalue weighted by atomic mass is 16.3. The van der Waals surface area contributed by atoms with E-state index in [9.17, 15) is 25.2 Å². The summed E-state index contributed by atoms with van der Waals surface area (Å²) in [6.07, 6.45) is 0. The van der Waals surface area contributed by atoms with Gasteiger partial charge in [0.05, 0.1) is 0 Å². The lowest BCUT2D eigenvalue weighted by molar-refractivity contribution is 0.103. The Labute approximate surface area is 107 Å². The molecule has 6 heteroatoms. The number of ketones is 1. The molecule has 0 amide bonds. The molecule has 0 aliphatic heterocycles. The zero-order valence-electron chi connectivity index (χ0n) is 9.53. The Morgan fingerprint density at radius 3 is 1.74 bits per heavy atom. The molecule has 0 aliphatic carbocycles. The van der Waals surface area contributed by atoms with Crippen LogP contribution in [0.1, 0.15) is 15.9 Å². The smallest absolute Gasteiger partial charge is 0.200 e. The van der Waals surface area contributed by atoms with Crippen molar-refractivity contribution in [2.45, 2.75) is 0 Å². The molecule has 0 saturated heterocycles. The second-order valence-corrected chi connectivity index (χ2v) is 3.86. The number of benzene rings is 2. The Bertz CT molecular complexity index is 619. The summed E-state index contributed by atoms with van der Waals surface area (Å²) >= 11 is 0. The molecule has 0 aromatic heterocycles. The van der Waals surface area contributed by atoms with Crippen molar-refractivity contribution in [3.63, 3.8) is 0 Å². The lowest BCUT2D eigenvalue weighted by atomic mass is 10.0. The summed E-state index contributed by atoms with van der Waals surface area (Å²) < 4.78 is 0. The number of hydrogen-bond acceptors (Lipinski definition) is 6. The van der Waals surface area contributed by atoms with Gasteiger partial charge in [-0.2, -0.15) is 0 Å². The number of hydrogen-bond donors (Lipinski definition) is 5. The minimum atomic E-state index is -0.826. The predicted octanol–water partition coefficient (Wildman–Crippen LogP) is 1.45. The summed E-state index contributed by atoms with van der Waals surface area (Å²) in [6, 6.07) is 5.78. The van der Waals surface area contributed by atoms with E-state index in [4.69, 9.17) is 5.11 Å². The first-order chi connectivity index (χ1) is 8.91. The van der Waals surface area contributed by atoms with Gasteiger partial charge >= 0.3 is 0 Å². The summed E-state index contributed by atoms with van der Waals surface area (Å²) in [7, 11) is 0. The van der Waals surface area contributed by atoms with Gasteiger partial charge in [-0.15, -0.1) is 0 Å². The molecule has 0 fully saturated rings. The van der Waals surface area contributed by atoms with E-state index in [2.05, 4.69) is 0 Å². The third-order valence-electron chi connectivity index (χ3n) is 2.59. The van der Waals surface area contributed by atoms with Gasteiger partial charge in [0.1, 0.15) is 11.3 Å². The van der Waals surface area contributed by atoms with E-state index in [1.807, 2.05) is 0 Å². The van der Waals surface area contributed by atoms with Crippen molar-refractivity contribution >= 4 is 5.78 Å². The summed E-state index contributed by atoms with van der Waals surface area (Å²) in [6.45, 7) is 0.